The molecule has 190 valence electrons. The monoisotopic (exact) mass is 572 g/mol. The van der Waals surface area contributed by atoms with Crippen LogP contribution < -0.4 is 15.5 Å². The molecule has 3 aromatic rings. The van der Waals surface area contributed by atoms with E-state index >= 15 is 0 Å². The van der Waals surface area contributed by atoms with E-state index in [2.05, 4.69) is 41.5 Å². The summed E-state index contributed by atoms with van der Waals surface area (Å²) in [6.07, 6.45) is 4.54. The molecule has 0 saturated heterocycles. The minimum Gasteiger partial charge on any atom is -0.363 e. The van der Waals surface area contributed by atoms with Crippen LogP contribution in [0, 0.1) is 6.92 Å². The van der Waals surface area contributed by atoms with Gasteiger partial charge in [0.1, 0.15) is 5.82 Å². The minimum absolute atomic E-state index is 0.0397. The van der Waals surface area contributed by atoms with Gasteiger partial charge in [-0.2, -0.15) is 4.98 Å². The Morgan fingerprint density at radius 3 is 2.42 bits per heavy atom. The molecule has 2 N–H and O–H groups in total. The minimum atomic E-state index is -3.99. The highest BCUT2D eigenvalue weighted by Crippen LogP contribution is 2.29. The van der Waals surface area contributed by atoms with E-state index in [0.29, 0.717) is 10.4 Å². The highest BCUT2D eigenvalue weighted by molar-refractivity contribution is 9.10. The maximum absolute atomic E-state index is 13.3. The van der Waals surface area contributed by atoms with Crippen LogP contribution in [-0.2, 0) is 9.84 Å². The van der Waals surface area contributed by atoms with Gasteiger partial charge in [-0.05, 0) is 72.8 Å². The number of carbonyl (C=O) groups is 1. The maximum Gasteiger partial charge on any atom is 0.254 e. The summed E-state index contributed by atoms with van der Waals surface area (Å²) in [5.41, 5.74) is 0.930. The van der Waals surface area contributed by atoms with E-state index in [-0.39, 0.29) is 27.6 Å². The van der Waals surface area contributed by atoms with Gasteiger partial charge in [-0.1, -0.05) is 12.1 Å². The zero-order valence-electron chi connectivity index (χ0n) is 20.4. The van der Waals surface area contributed by atoms with Crippen molar-refractivity contribution in [2.45, 2.75) is 54.6 Å². The second kappa shape index (κ2) is 10.9. The van der Waals surface area contributed by atoms with Crippen molar-refractivity contribution in [2.24, 2.45) is 0 Å². The number of hydrogen-bond donors (Lipinski definition) is 2. The molecule has 0 atom stereocenters. The second-order valence-electron chi connectivity index (χ2n) is 9.04. The first-order valence-electron chi connectivity index (χ1n) is 11.7. The van der Waals surface area contributed by atoms with E-state index in [1.54, 1.807) is 24.3 Å². The smallest absolute Gasteiger partial charge is 0.254 e. The van der Waals surface area contributed by atoms with Crippen LogP contribution >= 0.6 is 15.9 Å². The molecule has 0 radical (unpaired) electrons. The van der Waals surface area contributed by atoms with Crippen LogP contribution in [0.4, 0.5) is 11.8 Å². The zero-order valence-corrected chi connectivity index (χ0v) is 22.8. The number of pyridine rings is 1. The van der Waals surface area contributed by atoms with Gasteiger partial charge in [-0.25, -0.2) is 18.4 Å². The zero-order chi connectivity index (χ0) is 25.9. The molecule has 1 saturated carbocycles. The molecule has 0 bridgehead atoms. The van der Waals surface area contributed by atoms with Gasteiger partial charge < -0.3 is 15.5 Å². The number of aryl methyl sites for hydroxylation is 1. The Morgan fingerprint density at radius 2 is 1.72 bits per heavy atom. The van der Waals surface area contributed by atoms with Crippen LogP contribution in [0.2, 0.25) is 0 Å². The molecule has 11 heteroatoms. The summed E-state index contributed by atoms with van der Waals surface area (Å²) in [4.78, 5) is 28.3. The normalized spacial score (nSPS) is 17.9. The van der Waals surface area contributed by atoms with Crippen LogP contribution in [0.5, 0.6) is 0 Å². The summed E-state index contributed by atoms with van der Waals surface area (Å²) in [5.74, 6) is 1.00. The van der Waals surface area contributed by atoms with E-state index in [9.17, 15) is 13.2 Å². The Balaban J connectivity index is 1.42. The fourth-order valence-electron chi connectivity index (χ4n) is 4.22. The topological polar surface area (TPSA) is 117 Å². The lowest BCUT2D eigenvalue weighted by molar-refractivity contribution is 0.0922. The SMILES string of the molecule is Cc1cc(N(C)C)nc(N[C@H]2CC[C@@H](NC(=O)c3cccnc3S(=O)(=O)c3ccccc3Br)CC2)n1. The van der Waals surface area contributed by atoms with Crippen molar-refractivity contribution in [3.8, 4) is 0 Å². The summed E-state index contributed by atoms with van der Waals surface area (Å²) < 4.78 is 27.0. The number of rotatable bonds is 7. The van der Waals surface area contributed by atoms with E-state index in [4.69, 9.17) is 0 Å². The summed E-state index contributed by atoms with van der Waals surface area (Å²) in [5, 5.41) is 6.18. The Bertz CT molecular complexity index is 1360. The molecule has 1 aliphatic carbocycles. The standard InChI is InChI=1S/C25H29BrN6O3S/c1-16-15-22(32(2)3)31-25(28-16)30-18-12-10-17(11-13-18)29-23(33)19-7-6-14-27-24(19)36(34,35)21-9-5-4-8-20(21)26/h4-9,14-15,17-18H,10-13H2,1-3H3,(H,29,33)(H,28,30,31)/t17-,18+. The lowest BCUT2D eigenvalue weighted by Gasteiger charge is -2.30. The van der Waals surface area contributed by atoms with Crippen LogP contribution in [-0.4, -0.2) is 55.5 Å². The predicted octanol–water partition coefficient (Wildman–Crippen LogP) is 3.99. The first kappa shape index (κ1) is 26.0. The summed E-state index contributed by atoms with van der Waals surface area (Å²) in [7, 11) is -0.106. The van der Waals surface area contributed by atoms with Crippen molar-refractivity contribution < 1.29 is 13.2 Å². The first-order valence-corrected chi connectivity index (χ1v) is 14.0. The van der Waals surface area contributed by atoms with E-state index in [0.717, 1.165) is 37.2 Å². The lowest BCUT2D eigenvalue weighted by Crippen LogP contribution is -2.40. The molecule has 9 nitrogen and oxygen atoms in total. The van der Waals surface area contributed by atoms with E-state index in [1.807, 2.05) is 32.0 Å². The predicted molar refractivity (Wildman–Crippen MR) is 142 cm³/mol. The number of benzene rings is 1. The van der Waals surface area contributed by atoms with Gasteiger partial charge >= 0.3 is 0 Å². The number of sulfone groups is 1. The molecule has 2 aromatic heterocycles. The van der Waals surface area contributed by atoms with Gasteiger partial charge in [0.2, 0.25) is 15.8 Å². The van der Waals surface area contributed by atoms with Crippen molar-refractivity contribution in [3.05, 3.63) is 64.4 Å². The second-order valence-corrected chi connectivity index (χ2v) is 11.7. The number of nitrogens with zero attached hydrogens (tertiary/aromatic N) is 4. The van der Waals surface area contributed by atoms with Gasteiger partial charge in [0.15, 0.2) is 5.03 Å². The van der Waals surface area contributed by atoms with Crippen LogP contribution in [0.25, 0.3) is 0 Å². The van der Waals surface area contributed by atoms with Crippen molar-refractivity contribution in [1.82, 2.24) is 20.3 Å². The van der Waals surface area contributed by atoms with E-state index < -0.39 is 15.7 Å². The van der Waals surface area contributed by atoms with Crippen molar-refractivity contribution >= 4 is 43.4 Å². The van der Waals surface area contributed by atoms with Gasteiger partial charge in [0.05, 0.1) is 10.5 Å². The Hall–Kier alpha value is -3.05. The molecule has 2 heterocycles. The summed E-state index contributed by atoms with van der Waals surface area (Å²) >= 11 is 3.29. The number of amides is 1. The van der Waals surface area contributed by atoms with Crippen molar-refractivity contribution in [2.75, 3.05) is 24.3 Å². The Morgan fingerprint density at radius 1 is 1.03 bits per heavy atom. The van der Waals surface area contributed by atoms with Crippen LogP contribution in [0.15, 0.2) is 63.1 Å². The molecule has 1 amide bonds. The maximum atomic E-state index is 13.3. The fraction of sp³-hybridized carbons (Fsp3) is 0.360. The summed E-state index contributed by atoms with van der Waals surface area (Å²) in [6.45, 7) is 1.94. The number of aromatic nitrogens is 3. The third-order valence-electron chi connectivity index (χ3n) is 6.09. The highest BCUT2D eigenvalue weighted by Gasteiger charge is 2.29. The molecule has 1 fully saturated rings. The van der Waals surface area contributed by atoms with Crippen molar-refractivity contribution in [1.29, 1.82) is 0 Å². The first-order chi connectivity index (χ1) is 17.1. The lowest BCUT2D eigenvalue weighted by atomic mass is 9.91. The van der Waals surface area contributed by atoms with Gasteiger partial charge in [-0.15, -0.1) is 0 Å². The molecule has 4 rings (SSSR count). The summed E-state index contributed by atoms with van der Waals surface area (Å²) in [6, 6.07) is 11.6. The average Bonchev–Trinajstić information content (AvgIpc) is 2.85. The number of halogens is 1. The highest BCUT2D eigenvalue weighted by atomic mass is 79.9. The van der Waals surface area contributed by atoms with Gasteiger partial charge in [0.25, 0.3) is 5.91 Å². The molecular formula is C25H29BrN6O3S. The molecule has 1 aromatic carbocycles. The number of nitrogens with one attached hydrogen (secondary N) is 2. The Labute approximate surface area is 219 Å². The largest absolute Gasteiger partial charge is 0.363 e. The molecule has 0 unspecified atom stereocenters. The van der Waals surface area contributed by atoms with E-state index in [1.165, 1.54) is 18.3 Å². The molecule has 0 spiro atoms. The Kier molecular flexibility index (Phi) is 7.89. The quantitative estimate of drug-likeness (QED) is 0.436. The molecule has 36 heavy (non-hydrogen) atoms. The number of hydrogen-bond acceptors (Lipinski definition) is 8. The molecule has 0 aliphatic heterocycles. The molecule has 1 aliphatic rings. The van der Waals surface area contributed by atoms with Gasteiger partial charge in [-0.3, -0.25) is 4.79 Å². The fourth-order valence-corrected chi connectivity index (χ4v) is 6.58. The third kappa shape index (κ3) is 5.84. The van der Waals surface area contributed by atoms with Crippen molar-refractivity contribution in [3.63, 3.8) is 0 Å². The third-order valence-corrected chi connectivity index (χ3v) is 8.81. The van der Waals surface area contributed by atoms with Gasteiger partial charge in [0, 0.05) is 48.6 Å². The van der Waals surface area contributed by atoms with Crippen LogP contribution in [0.1, 0.15) is 41.7 Å². The number of anilines is 2. The average molecular weight is 574 g/mol. The number of carbonyl (C=O) groups excluding carboxylic acids is 1. The molecular weight excluding hydrogens is 544 g/mol. The van der Waals surface area contributed by atoms with Crippen LogP contribution in [0.3, 0.4) is 0 Å².